The Hall–Kier alpha value is -2.41. The third-order valence-electron chi connectivity index (χ3n) is 6.74. The van der Waals surface area contributed by atoms with Gasteiger partial charge in [-0.3, -0.25) is 9.78 Å². The summed E-state index contributed by atoms with van der Waals surface area (Å²) in [7, 11) is 4.22. The van der Waals surface area contributed by atoms with Gasteiger partial charge in [-0.2, -0.15) is 0 Å². The fraction of sp³-hybridized carbons (Fsp3) is 0.407. The largest absolute Gasteiger partial charge is 0.504 e. The average molecular weight is 520 g/mol. The van der Waals surface area contributed by atoms with Crippen molar-refractivity contribution in [3.05, 3.63) is 52.4 Å². The minimum Gasteiger partial charge on any atom is -0.504 e. The third kappa shape index (κ3) is 5.88. The molecular weight excluding hydrogens is 488 g/mol. The summed E-state index contributed by atoms with van der Waals surface area (Å²) >= 11 is 6.05. The number of hydrogen-bond acceptors (Lipinski definition) is 5. The summed E-state index contributed by atoms with van der Waals surface area (Å²) in [5.74, 6) is -0.695. The standard InChI is InChI=1S/C27H31ClFN3O2.ClH/c1-15-9-25-21(12-20(15)18-10-23(28)27(34)24(29)11-18)26(22(13-30-25)16(2)33)31-19-7-5-17(6-8-19)14-32(3)4;/h9-13,17,19,34H,5-8,14H2,1-4H3,(H,30,31);1H. The van der Waals surface area contributed by atoms with Crippen LogP contribution in [0.4, 0.5) is 10.1 Å². The molecule has 1 saturated carbocycles. The SMILES string of the molecule is CC(=O)c1cnc2cc(C)c(-c3cc(F)c(O)c(Cl)c3)cc2c1NC1CCC(CN(C)C)CC1.Cl. The van der Waals surface area contributed by atoms with Crippen molar-refractivity contribution in [1.29, 1.82) is 0 Å². The summed E-state index contributed by atoms with van der Waals surface area (Å²) in [6.07, 6.45) is 6.00. The van der Waals surface area contributed by atoms with E-state index in [0.717, 1.165) is 59.9 Å². The second-order valence-electron chi connectivity index (χ2n) is 9.70. The Kier molecular flexibility index (Phi) is 8.63. The molecular formula is C27H32Cl2FN3O2. The van der Waals surface area contributed by atoms with Gasteiger partial charge in [0.05, 0.1) is 21.8 Å². The van der Waals surface area contributed by atoms with Gasteiger partial charge in [0.15, 0.2) is 17.3 Å². The van der Waals surface area contributed by atoms with Crippen molar-refractivity contribution in [3.63, 3.8) is 0 Å². The van der Waals surface area contributed by atoms with E-state index in [1.165, 1.54) is 6.07 Å². The summed E-state index contributed by atoms with van der Waals surface area (Å²) in [5.41, 5.74) is 4.32. The highest BCUT2D eigenvalue weighted by atomic mass is 35.5. The van der Waals surface area contributed by atoms with Gasteiger partial charge in [0.1, 0.15) is 0 Å². The van der Waals surface area contributed by atoms with Crippen LogP contribution in [0.5, 0.6) is 5.75 Å². The Balaban J connectivity index is 0.00000342. The highest BCUT2D eigenvalue weighted by Gasteiger charge is 2.24. The van der Waals surface area contributed by atoms with Crippen LogP contribution < -0.4 is 5.32 Å². The van der Waals surface area contributed by atoms with Gasteiger partial charge in [-0.05, 0) is 100 Å². The highest BCUT2D eigenvalue weighted by molar-refractivity contribution is 6.32. The monoisotopic (exact) mass is 519 g/mol. The number of anilines is 1. The Morgan fingerprint density at radius 3 is 2.49 bits per heavy atom. The molecule has 8 heteroatoms. The van der Waals surface area contributed by atoms with Crippen molar-refractivity contribution in [1.82, 2.24) is 9.88 Å². The second kappa shape index (κ2) is 11.1. The first-order valence-corrected chi connectivity index (χ1v) is 12.1. The Morgan fingerprint density at radius 1 is 1.20 bits per heavy atom. The lowest BCUT2D eigenvalue weighted by Crippen LogP contribution is -2.31. The molecule has 0 amide bonds. The number of phenols is 1. The van der Waals surface area contributed by atoms with Crippen LogP contribution in [-0.2, 0) is 0 Å². The number of pyridine rings is 1. The number of benzene rings is 2. The molecule has 0 saturated heterocycles. The van der Waals surface area contributed by atoms with Crippen molar-refractivity contribution in [2.24, 2.45) is 5.92 Å². The molecule has 1 aromatic heterocycles. The van der Waals surface area contributed by atoms with E-state index >= 15 is 0 Å². The number of hydrogen-bond donors (Lipinski definition) is 2. The molecule has 0 bridgehead atoms. The molecule has 0 aliphatic heterocycles. The summed E-state index contributed by atoms with van der Waals surface area (Å²) in [6.45, 7) is 4.57. The summed E-state index contributed by atoms with van der Waals surface area (Å²) < 4.78 is 14.2. The van der Waals surface area contributed by atoms with Crippen LogP contribution in [0.2, 0.25) is 5.02 Å². The number of nitrogens with one attached hydrogen (secondary N) is 1. The van der Waals surface area contributed by atoms with Crippen molar-refractivity contribution in [3.8, 4) is 16.9 Å². The number of halogens is 3. The van der Waals surface area contributed by atoms with Crippen LogP contribution in [0.15, 0.2) is 30.5 Å². The summed E-state index contributed by atoms with van der Waals surface area (Å²) in [6, 6.07) is 6.97. The molecule has 2 N–H and O–H groups in total. The van der Waals surface area contributed by atoms with E-state index in [0.29, 0.717) is 17.0 Å². The predicted molar refractivity (Wildman–Crippen MR) is 144 cm³/mol. The number of rotatable bonds is 6. The molecule has 3 aromatic rings. The molecule has 0 atom stereocenters. The van der Waals surface area contributed by atoms with Crippen LogP contribution >= 0.6 is 24.0 Å². The van der Waals surface area contributed by atoms with E-state index in [2.05, 4.69) is 29.3 Å². The van der Waals surface area contributed by atoms with Crippen molar-refractivity contribution in [2.75, 3.05) is 26.0 Å². The van der Waals surface area contributed by atoms with Gasteiger partial charge >= 0.3 is 0 Å². The number of carbonyl (C=O) groups excluding carboxylic acids is 1. The van der Waals surface area contributed by atoms with Crippen LogP contribution in [0.1, 0.15) is 48.5 Å². The number of Topliss-reactive ketones (excluding diaryl/α,β-unsaturated/α-hetero) is 1. The lowest BCUT2D eigenvalue weighted by Gasteiger charge is -2.32. The first-order valence-electron chi connectivity index (χ1n) is 11.7. The van der Waals surface area contributed by atoms with Crippen LogP contribution in [0.3, 0.4) is 0 Å². The maximum absolute atomic E-state index is 14.2. The smallest absolute Gasteiger partial charge is 0.170 e. The fourth-order valence-electron chi connectivity index (χ4n) is 5.01. The number of aryl methyl sites for hydroxylation is 1. The molecule has 35 heavy (non-hydrogen) atoms. The molecule has 0 unspecified atom stereocenters. The molecule has 188 valence electrons. The Morgan fingerprint density at radius 2 is 1.89 bits per heavy atom. The van der Waals surface area contributed by atoms with Crippen LogP contribution in [0.25, 0.3) is 22.0 Å². The van der Waals surface area contributed by atoms with E-state index in [-0.39, 0.29) is 29.3 Å². The van der Waals surface area contributed by atoms with E-state index in [1.54, 1.807) is 19.2 Å². The first-order chi connectivity index (χ1) is 16.1. The summed E-state index contributed by atoms with van der Waals surface area (Å²) in [5, 5.41) is 14.2. The first kappa shape index (κ1) is 27.2. The highest BCUT2D eigenvalue weighted by Crippen LogP contribution is 2.38. The van der Waals surface area contributed by atoms with Gasteiger partial charge in [0.2, 0.25) is 0 Å². The average Bonchev–Trinajstić information content (AvgIpc) is 2.77. The molecule has 1 aliphatic rings. The van der Waals surface area contributed by atoms with Gasteiger partial charge in [-0.25, -0.2) is 4.39 Å². The van der Waals surface area contributed by atoms with E-state index in [9.17, 15) is 14.3 Å². The fourth-order valence-corrected chi connectivity index (χ4v) is 5.22. The third-order valence-corrected chi connectivity index (χ3v) is 7.03. The zero-order valence-electron chi connectivity index (χ0n) is 20.5. The minimum absolute atomic E-state index is 0. The molecule has 4 rings (SSSR count). The Bertz CT molecular complexity index is 1220. The van der Waals surface area contributed by atoms with Gasteiger partial charge in [-0.15, -0.1) is 12.4 Å². The zero-order chi connectivity index (χ0) is 24.6. The van der Waals surface area contributed by atoms with Crippen LogP contribution in [0, 0.1) is 18.7 Å². The maximum Gasteiger partial charge on any atom is 0.170 e. The van der Waals surface area contributed by atoms with Crippen LogP contribution in [-0.4, -0.2) is 47.5 Å². The van der Waals surface area contributed by atoms with Gasteiger partial charge in [0, 0.05) is 24.2 Å². The predicted octanol–water partition coefficient (Wildman–Crippen LogP) is 6.87. The number of ketones is 1. The molecule has 1 heterocycles. The number of nitrogens with zero attached hydrogens (tertiary/aromatic N) is 2. The number of aromatic hydroxyl groups is 1. The maximum atomic E-state index is 14.2. The van der Waals surface area contributed by atoms with Crippen molar-refractivity contribution < 1.29 is 14.3 Å². The molecule has 1 aliphatic carbocycles. The van der Waals surface area contributed by atoms with E-state index in [4.69, 9.17) is 11.6 Å². The quantitative estimate of drug-likeness (QED) is 0.348. The lowest BCUT2D eigenvalue weighted by atomic mass is 9.85. The Labute approximate surface area is 217 Å². The topological polar surface area (TPSA) is 65.5 Å². The van der Waals surface area contributed by atoms with Crippen molar-refractivity contribution in [2.45, 2.75) is 45.6 Å². The minimum atomic E-state index is -0.773. The van der Waals surface area contributed by atoms with Crippen molar-refractivity contribution >= 4 is 46.4 Å². The van der Waals surface area contributed by atoms with Gasteiger partial charge in [0.25, 0.3) is 0 Å². The summed E-state index contributed by atoms with van der Waals surface area (Å²) in [4.78, 5) is 19.3. The molecule has 5 nitrogen and oxygen atoms in total. The molecule has 0 spiro atoms. The number of phenolic OH excluding ortho intramolecular Hbond substituents is 1. The van der Waals surface area contributed by atoms with Gasteiger partial charge in [-0.1, -0.05) is 11.6 Å². The van der Waals surface area contributed by atoms with E-state index < -0.39 is 11.6 Å². The second-order valence-corrected chi connectivity index (χ2v) is 10.1. The molecule has 0 radical (unpaired) electrons. The normalized spacial score (nSPS) is 17.9. The molecule has 2 aromatic carbocycles. The zero-order valence-corrected chi connectivity index (χ0v) is 22.1. The lowest BCUT2D eigenvalue weighted by molar-refractivity contribution is 0.101. The number of aromatic nitrogens is 1. The number of carbonyl (C=O) groups is 1. The van der Waals surface area contributed by atoms with E-state index in [1.807, 2.05) is 19.1 Å². The number of fused-ring (bicyclic) bond motifs is 1. The van der Waals surface area contributed by atoms with Gasteiger partial charge < -0.3 is 15.3 Å². The molecule has 1 fully saturated rings.